The smallest absolute Gasteiger partial charge is 0.227 e. The molecule has 1 amide bonds. The van der Waals surface area contributed by atoms with Gasteiger partial charge in [-0.3, -0.25) is 4.79 Å². The number of hydrogen-bond donors (Lipinski definition) is 1. The molecule has 0 aromatic heterocycles. The fraction of sp³-hybridized carbons (Fsp3) is 0.500. The maximum absolute atomic E-state index is 13.6. The van der Waals surface area contributed by atoms with Gasteiger partial charge >= 0.3 is 0 Å². The third-order valence-corrected chi connectivity index (χ3v) is 3.73. The molecule has 2 atom stereocenters. The first kappa shape index (κ1) is 11.7. The van der Waals surface area contributed by atoms with Crippen LogP contribution >= 0.6 is 0 Å². The maximum Gasteiger partial charge on any atom is 0.227 e. The molecule has 3 rings (SSSR count). The molecular formula is C14H17FN2O. The number of hydrogen-bond acceptors (Lipinski definition) is 2. The molecular weight excluding hydrogens is 231 g/mol. The Bertz CT molecular complexity index is 473. The van der Waals surface area contributed by atoms with Crippen molar-refractivity contribution in [3.63, 3.8) is 0 Å². The Morgan fingerprint density at radius 3 is 2.61 bits per heavy atom. The van der Waals surface area contributed by atoms with E-state index in [0.29, 0.717) is 18.2 Å². The van der Waals surface area contributed by atoms with Crippen LogP contribution in [-0.4, -0.2) is 22.9 Å². The highest BCUT2D eigenvalue weighted by atomic mass is 19.1. The largest absolute Gasteiger partial charge is 0.335 e. The van der Waals surface area contributed by atoms with E-state index in [9.17, 15) is 9.18 Å². The fourth-order valence-electron chi connectivity index (χ4n) is 2.29. The van der Waals surface area contributed by atoms with Gasteiger partial charge in [0.05, 0.1) is 5.92 Å². The Labute approximate surface area is 106 Å². The van der Waals surface area contributed by atoms with Crippen molar-refractivity contribution >= 4 is 5.91 Å². The van der Waals surface area contributed by atoms with Crippen LogP contribution in [-0.2, 0) is 11.3 Å². The summed E-state index contributed by atoms with van der Waals surface area (Å²) in [4.78, 5) is 14.1. The number of rotatable bonds is 4. The van der Waals surface area contributed by atoms with E-state index in [2.05, 4.69) is 0 Å². The van der Waals surface area contributed by atoms with Gasteiger partial charge < -0.3 is 10.6 Å². The Kier molecular flexibility index (Phi) is 2.82. The second-order valence-corrected chi connectivity index (χ2v) is 5.29. The molecule has 4 heteroatoms. The van der Waals surface area contributed by atoms with Crippen LogP contribution in [0, 0.1) is 11.7 Å². The highest BCUT2D eigenvalue weighted by Gasteiger charge is 2.45. The molecule has 1 aromatic rings. The molecule has 2 aliphatic carbocycles. The van der Waals surface area contributed by atoms with E-state index in [4.69, 9.17) is 5.73 Å². The molecule has 18 heavy (non-hydrogen) atoms. The standard InChI is InChI=1S/C14H17FN2O/c15-12-4-2-1-3-9(12)8-17(10-5-6-10)14(18)11-7-13(11)16/h1-4,10-11,13H,5-8,16H2. The van der Waals surface area contributed by atoms with Crippen LogP contribution < -0.4 is 5.73 Å². The Morgan fingerprint density at radius 2 is 2.06 bits per heavy atom. The molecule has 2 aliphatic rings. The van der Waals surface area contributed by atoms with Gasteiger partial charge in [-0.05, 0) is 25.3 Å². The zero-order chi connectivity index (χ0) is 12.7. The summed E-state index contributed by atoms with van der Waals surface area (Å²) < 4.78 is 13.6. The van der Waals surface area contributed by atoms with Crippen molar-refractivity contribution in [2.24, 2.45) is 11.7 Å². The van der Waals surface area contributed by atoms with Gasteiger partial charge in [-0.25, -0.2) is 4.39 Å². The summed E-state index contributed by atoms with van der Waals surface area (Å²) in [5, 5.41) is 0. The predicted molar refractivity (Wildman–Crippen MR) is 66.1 cm³/mol. The minimum absolute atomic E-state index is 0.0133. The quantitative estimate of drug-likeness (QED) is 0.881. The number of nitrogens with zero attached hydrogens (tertiary/aromatic N) is 1. The van der Waals surface area contributed by atoms with Gasteiger partial charge in [-0.2, -0.15) is 0 Å². The molecule has 2 N–H and O–H groups in total. The molecule has 2 saturated carbocycles. The van der Waals surface area contributed by atoms with Crippen molar-refractivity contribution in [2.75, 3.05) is 0 Å². The summed E-state index contributed by atoms with van der Waals surface area (Å²) >= 11 is 0. The molecule has 2 unspecified atom stereocenters. The normalized spacial score (nSPS) is 25.9. The minimum atomic E-state index is -0.240. The minimum Gasteiger partial charge on any atom is -0.335 e. The monoisotopic (exact) mass is 248 g/mol. The van der Waals surface area contributed by atoms with Gasteiger partial charge in [0, 0.05) is 24.2 Å². The first-order valence-corrected chi connectivity index (χ1v) is 6.46. The van der Waals surface area contributed by atoms with Crippen LogP contribution in [0.15, 0.2) is 24.3 Å². The predicted octanol–water partition coefficient (Wildman–Crippen LogP) is 1.66. The summed E-state index contributed by atoms with van der Waals surface area (Å²) in [5.74, 6) is -0.165. The summed E-state index contributed by atoms with van der Waals surface area (Å²) in [5.41, 5.74) is 6.32. The molecule has 96 valence electrons. The lowest BCUT2D eigenvalue weighted by molar-refractivity contribution is -0.133. The van der Waals surface area contributed by atoms with E-state index in [0.717, 1.165) is 19.3 Å². The summed E-state index contributed by atoms with van der Waals surface area (Å²) in [6.45, 7) is 0.374. The van der Waals surface area contributed by atoms with E-state index in [-0.39, 0.29) is 23.7 Å². The molecule has 3 nitrogen and oxygen atoms in total. The van der Waals surface area contributed by atoms with Gasteiger partial charge in [-0.15, -0.1) is 0 Å². The van der Waals surface area contributed by atoms with Gasteiger partial charge in [0.2, 0.25) is 5.91 Å². The van der Waals surface area contributed by atoms with Crippen molar-refractivity contribution in [1.82, 2.24) is 4.90 Å². The molecule has 0 bridgehead atoms. The maximum atomic E-state index is 13.6. The topological polar surface area (TPSA) is 46.3 Å². The third kappa shape index (κ3) is 2.25. The van der Waals surface area contributed by atoms with E-state index >= 15 is 0 Å². The first-order chi connectivity index (χ1) is 8.66. The fourth-order valence-corrected chi connectivity index (χ4v) is 2.29. The second-order valence-electron chi connectivity index (χ2n) is 5.29. The van der Waals surface area contributed by atoms with Gasteiger partial charge in [0.1, 0.15) is 5.82 Å². The number of nitrogens with two attached hydrogens (primary N) is 1. The van der Waals surface area contributed by atoms with Crippen LogP contribution in [0.1, 0.15) is 24.8 Å². The molecule has 2 fully saturated rings. The average Bonchev–Trinajstić information content (AvgIpc) is 3.23. The molecule has 0 radical (unpaired) electrons. The van der Waals surface area contributed by atoms with Crippen LogP contribution in [0.4, 0.5) is 4.39 Å². The highest BCUT2D eigenvalue weighted by molar-refractivity contribution is 5.83. The zero-order valence-corrected chi connectivity index (χ0v) is 10.2. The first-order valence-electron chi connectivity index (χ1n) is 6.46. The second kappa shape index (κ2) is 4.35. The van der Waals surface area contributed by atoms with Crippen molar-refractivity contribution in [3.8, 4) is 0 Å². The zero-order valence-electron chi connectivity index (χ0n) is 10.2. The third-order valence-electron chi connectivity index (χ3n) is 3.73. The summed E-state index contributed by atoms with van der Waals surface area (Å²) in [6, 6.07) is 6.96. The number of amides is 1. The Morgan fingerprint density at radius 1 is 1.39 bits per heavy atom. The molecule has 0 aliphatic heterocycles. The molecule has 0 heterocycles. The number of benzene rings is 1. The SMILES string of the molecule is NC1CC1C(=O)N(Cc1ccccc1F)C1CC1. The lowest BCUT2D eigenvalue weighted by Crippen LogP contribution is -2.35. The Hall–Kier alpha value is -1.42. The van der Waals surface area contributed by atoms with Gasteiger partial charge in [0.25, 0.3) is 0 Å². The summed E-state index contributed by atoms with van der Waals surface area (Å²) in [7, 11) is 0. The highest BCUT2D eigenvalue weighted by Crippen LogP contribution is 2.36. The van der Waals surface area contributed by atoms with Crippen LogP contribution in [0.25, 0.3) is 0 Å². The van der Waals surface area contributed by atoms with Crippen molar-refractivity contribution in [1.29, 1.82) is 0 Å². The van der Waals surface area contributed by atoms with Crippen LogP contribution in [0.3, 0.4) is 0 Å². The average molecular weight is 248 g/mol. The van der Waals surface area contributed by atoms with Crippen molar-refractivity contribution < 1.29 is 9.18 Å². The Balaban J connectivity index is 1.75. The van der Waals surface area contributed by atoms with Crippen molar-refractivity contribution in [3.05, 3.63) is 35.6 Å². The molecule has 0 spiro atoms. The van der Waals surface area contributed by atoms with E-state index in [1.54, 1.807) is 18.2 Å². The number of carbonyl (C=O) groups is 1. The number of halogens is 1. The van der Waals surface area contributed by atoms with E-state index in [1.807, 2.05) is 4.90 Å². The van der Waals surface area contributed by atoms with Gasteiger partial charge in [-0.1, -0.05) is 18.2 Å². The van der Waals surface area contributed by atoms with Gasteiger partial charge in [0.15, 0.2) is 0 Å². The lowest BCUT2D eigenvalue weighted by Gasteiger charge is -2.23. The molecule has 0 saturated heterocycles. The van der Waals surface area contributed by atoms with Crippen LogP contribution in [0.5, 0.6) is 0 Å². The van der Waals surface area contributed by atoms with Crippen molar-refractivity contribution in [2.45, 2.75) is 37.9 Å². The molecule has 1 aromatic carbocycles. The van der Waals surface area contributed by atoms with Crippen LogP contribution in [0.2, 0.25) is 0 Å². The number of carbonyl (C=O) groups excluding carboxylic acids is 1. The summed E-state index contributed by atoms with van der Waals surface area (Å²) in [6.07, 6.45) is 2.84. The van der Waals surface area contributed by atoms with E-state index < -0.39 is 0 Å². The lowest BCUT2D eigenvalue weighted by atomic mass is 10.2. The van der Waals surface area contributed by atoms with E-state index in [1.165, 1.54) is 6.07 Å².